The van der Waals surface area contributed by atoms with E-state index >= 15 is 0 Å². The van der Waals surface area contributed by atoms with Crippen molar-refractivity contribution < 1.29 is 4.74 Å². The van der Waals surface area contributed by atoms with Crippen LogP contribution in [0.15, 0.2) is 110 Å². The molecule has 7 nitrogen and oxygen atoms in total. The van der Waals surface area contributed by atoms with Gasteiger partial charge in [0.15, 0.2) is 0 Å². The molecule has 0 atom stereocenters. The number of hydrogen-bond acceptors (Lipinski definition) is 5. The van der Waals surface area contributed by atoms with Crippen molar-refractivity contribution in [2.45, 2.75) is 0 Å². The first kappa shape index (κ1) is 23.3. The van der Waals surface area contributed by atoms with Crippen LogP contribution in [0, 0.1) is 0 Å². The van der Waals surface area contributed by atoms with E-state index in [4.69, 9.17) is 14.7 Å². The Bertz CT molecular complexity index is 2120. The zero-order valence-corrected chi connectivity index (χ0v) is 22.5. The number of imidazole rings is 2. The lowest BCUT2D eigenvalue weighted by molar-refractivity contribution is 0.484. The minimum Gasteiger partial charge on any atom is -0.457 e. The molecule has 0 aliphatic rings. The van der Waals surface area contributed by atoms with Crippen LogP contribution in [0.1, 0.15) is 0 Å². The Labute approximate surface area is 235 Å². The van der Waals surface area contributed by atoms with E-state index in [9.17, 15) is 0 Å². The number of nitrogens with zero attached hydrogens (tertiary/aromatic N) is 6. The van der Waals surface area contributed by atoms with Gasteiger partial charge in [-0.05, 0) is 71.4 Å². The van der Waals surface area contributed by atoms with Gasteiger partial charge in [0.05, 0.1) is 22.1 Å². The normalized spacial score (nSPS) is 11.7. The van der Waals surface area contributed by atoms with E-state index < -0.39 is 0 Å². The molecular weight excluding hydrogens is 508 g/mol. The Kier molecular flexibility index (Phi) is 5.12. The number of aryl methyl sites for hydroxylation is 2. The second kappa shape index (κ2) is 8.99. The quantitative estimate of drug-likeness (QED) is 0.232. The van der Waals surface area contributed by atoms with Crippen LogP contribution in [0.2, 0.25) is 0 Å². The maximum absolute atomic E-state index is 6.63. The molecule has 4 aromatic carbocycles. The maximum Gasteiger partial charge on any atom is 0.141 e. The molecule has 8 rings (SSSR count). The molecule has 0 saturated heterocycles. The maximum atomic E-state index is 6.63. The summed E-state index contributed by atoms with van der Waals surface area (Å²) in [5, 5.41) is 4.09. The molecule has 0 aliphatic heterocycles. The van der Waals surface area contributed by atoms with Gasteiger partial charge in [0.2, 0.25) is 0 Å². The highest BCUT2D eigenvalue weighted by atomic mass is 16.5. The molecule has 0 spiro atoms. The van der Waals surface area contributed by atoms with Crippen molar-refractivity contribution in [3.8, 4) is 34.3 Å². The molecule has 8 aromatic rings. The molecule has 0 amide bonds. The zero-order valence-electron chi connectivity index (χ0n) is 22.5. The standard InChI is InChI=1S/C34H24N6O/c1-39-31-9-5-3-7-29(31)37-33(39)25-17-23(15-21-11-13-35-19-27(21)25)41-24-16-22-12-14-36-20-28(22)26(18-24)34-38-30-8-4-6-10-32(30)40(34)2/h3-20H,1-2H3. The largest absolute Gasteiger partial charge is 0.457 e. The summed E-state index contributed by atoms with van der Waals surface area (Å²) in [5.41, 5.74) is 5.96. The van der Waals surface area contributed by atoms with Crippen LogP contribution in [0.3, 0.4) is 0 Å². The van der Waals surface area contributed by atoms with Crippen LogP contribution in [-0.4, -0.2) is 29.1 Å². The second-order valence-electron chi connectivity index (χ2n) is 10.2. The van der Waals surface area contributed by atoms with E-state index in [1.165, 1.54) is 0 Å². The van der Waals surface area contributed by atoms with Crippen LogP contribution in [0.4, 0.5) is 0 Å². The summed E-state index contributed by atoms with van der Waals surface area (Å²) in [6.45, 7) is 0. The molecule has 7 heteroatoms. The van der Waals surface area contributed by atoms with Crippen LogP contribution in [0.5, 0.6) is 11.5 Å². The molecule has 4 aromatic heterocycles. The molecule has 0 aliphatic carbocycles. The van der Waals surface area contributed by atoms with E-state index in [0.29, 0.717) is 0 Å². The lowest BCUT2D eigenvalue weighted by atomic mass is 10.0. The van der Waals surface area contributed by atoms with Crippen LogP contribution in [-0.2, 0) is 14.1 Å². The molecule has 4 heterocycles. The van der Waals surface area contributed by atoms with Gasteiger partial charge in [-0.25, -0.2) is 9.97 Å². The lowest BCUT2D eigenvalue weighted by Gasteiger charge is -2.14. The topological polar surface area (TPSA) is 70.7 Å². The Morgan fingerprint density at radius 3 is 1.49 bits per heavy atom. The summed E-state index contributed by atoms with van der Waals surface area (Å²) in [4.78, 5) is 18.8. The molecule has 196 valence electrons. The van der Waals surface area contributed by atoms with Gasteiger partial charge in [-0.1, -0.05) is 24.3 Å². The second-order valence-corrected chi connectivity index (χ2v) is 10.2. The highest BCUT2D eigenvalue weighted by Gasteiger charge is 2.17. The number of pyridine rings is 2. The first-order chi connectivity index (χ1) is 20.1. The summed E-state index contributed by atoms with van der Waals surface area (Å²) in [6.07, 6.45) is 7.39. The van der Waals surface area contributed by atoms with Gasteiger partial charge in [-0.15, -0.1) is 0 Å². The number of rotatable bonds is 4. The van der Waals surface area contributed by atoms with Crippen LogP contribution in [0.25, 0.3) is 66.4 Å². The van der Waals surface area contributed by atoms with E-state index in [0.717, 1.165) is 77.9 Å². The molecule has 0 bridgehead atoms. The van der Waals surface area contributed by atoms with Crippen molar-refractivity contribution >= 4 is 43.6 Å². The van der Waals surface area contributed by atoms with Gasteiger partial charge in [0, 0.05) is 60.8 Å². The van der Waals surface area contributed by atoms with Crippen LogP contribution < -0.4 is 4.74 Å². The summed E-state index contributed by atoms with van der Waals surface area (Å²) in [7, 11) is 4.09. The lowest BCUT2D eigenvalue weighted by Crippen LogP contribution is -1.96. The van der Waals surface area contributed by atoms with Gasteiger partial charge in [-0.2, -0.15) is 0 Å². The monoisotopic (exact) mass is 532 g/mol. The fraction of sp³-hybridized carbons (Fsp3) is 0.0588. The molecule has 0 radical (unpaired) electrons. The molecule has 0 unspecified atom stereocenters. The molecule has 0 saturated carbocycles. The van der Waals surface area contributed by atoms with E-state index in [1.807, 2.05) is 75.0 Å². The minimum atomic E-state index is 0.718. The number of benzene rings is 4. The Morgan fingerprint density at radius 1 is 0.561 bits per heavy atom. The number of para-hydroxylation sites is 4. The van der Waals surface area contributed by atoms with Gasteiger partial charge in [0.25, 0.3) is 0 Å². The first-order valence-corrected chi connectivity index (χ1v) is 13.4. The predicted octanol–water partition coefficient (Wildman–Crippen LogP) is 7.68. The average Bonchev–Trinajstić information content (AvgIpc) is 3.53. The summed E-state index contributed by atoms with van der Waals surface area (Å²) >= 11 is 0. The fourth-order valence-corrected chi connectivity index (χ4v) is 5.74. The van der Waals surface area contributed by atoms with E-state index in [2.05, 4.69) is 55.5 Å². The number of ether oxygens (including phenoxy) is 1. The van der Waals surface area contributed by atoms with E-state index in [1.54, 1.807) is 12.4 Å². The molecular formula is C34H24N6O. The molecule has 0 fully saturated rings. The van der Waals surface area contributed by atoms with Gasteiger partial charge in [-0.3, -0.25) is 9.97 Å². The van der Waals surface area contributed by atoms with Crippen molar-refractivity contribution in [1.29, 1.82) is 0 Å². The van der Waals surface area contributed by atoms with Crippen molar-refractivity contribution in [1.82, 2.24) is 29.1 Å². The van der Waals surface area contributed by atoms with Gasteiger partial charge in [0.1, 0.15) is 23.1 Å². The van der Waals surface area contributed by atoms with Crippen LogP contribution >= 0.6 is 0 Å². The first-order valence-electron chi connectivity index (χ1n) is 13.4. The molecule has 0 N–H and O–H groups in total. The number of fused-ring (bicyclic) bond motifs is 4. The summed E-state index contributed by atoms with van der Waals surface area (Å²) < 4.78 is 10.9. The number of hydrogen-bond donors (Lipinski definition) is 0. The third-order valence-electron chi connectivity index (χ3n) is 7.75. The van der Waals surface area contributed by atoms with Crippen molar-refractivity contribution in [2.24, 2.45) is 14.1 Å². The predicted molar refractivity (Wildman–Crippen MR) is 163 cm³/mol. The highest BCUT2D eigenvalue weighted by molar-refractivity contribution is 5.99. The smallest absolute Gasteiger partial charge is 0.141 e. The number of aromatic nitrogens is 6. The SMILES string of the molecule is Cn1c(-c2cc(Oc3cc(-c4nc5ccccc5n4C)c4cnccc4c3)cc3ccncc23)nc2ccccc21. The zero-order chi connectivity index (χ0) is 27.5. The summed E-state index contributed by atoms with van der Waals surface area (Å²) in [6, 6.07) is 28.5. The van der Waals surface area contributed by atoms with Gasteiger partial charge < -0.3 is 13.9 Å². The molecule has 41 heavy (non-hydrogen) atoms. The Balaban J connectivity index is 1.30. The third-order valence-corrected chi connectivity index (χ3v) is 7.75. The Morgan fingerprint density at radius 2 is 1.02 bits per heavy atom. The van der Waals surface area contributed by atoms with Crippen molar-refractivity contribution in [2.75, 3.05) is 0 Å². The van der Waals surface area contributed by atoms with E-state index in [-0.39, 0.29) is 0 Å². The highest BCUT2D eigenvalue weighted by Crippen LogP contribution is 2.38. The van der Waals surface area contributed by atoms with Crippen molar-refractivity contribution in [3.05, 3.63) is 110 Å². The average molecular weight is 533 g/mol. The third kappa shape index (κ3) is 3.74. The summed E-state index contributed by atoms with van der Waals surface area (Å²) in [5.74, 6) is 3.16. The minimum absolute atomic E-state index is 0.718. The van der Waals surface area contributed by atoms with Gasteiger partial charge >= 0.3 is 0 Å². The fourth-order valence-electron chi connectivity index (χ4n) is 5.74. The Hall–Kier alpha value is -5.56. The van der Waals surface area contributed by atoms with Crippen molar-refractivity contribution in [3.63, 3.8) is 0 Å².